The molecule has 1 rings (SSSR count). The van der Waals surface area contributed by atoms with Crippen molar-refractivity contribution in [2.45, 2.75) is 33.2 Å². The van der Waals surface area contributed by atoms with Crippen LogP contribution in [0.1, 0.15) is 31.2 Å². The lowest BCUT2D eigenvalue weighted by Gasteiger charge is -2.22. The van der Waals surface area contributed by atoms with Gasteiger partial charge in [0.25, 0.3) is 0 Å². The molecule has 0 radical (unpaired) electrons. The van der Waals surface area contributed by atoms with Crippen molar-refractivity contribution in [2.75, 3.05) is 26.7 Å². The largest absolute Gasteiger partial charge is 0.345 e. The number of carbonyl (C=O) groups is 1. The molecule has 21 heavy (non-hydrogen) atoms. The quantitative estimate of drug-likeness (QED) is 0.734. The topological polar surface area (TPSA) is 60.2 Å². The molecule has 5 heteroatoms. The van der Waals surface area contributed by atoms with Crippen LogP contribution in [0.2, 0.25) is 0 Å². The standard InChI is InChI=1S/C16H24N4O/c1-4-20(13-15-8-5-7-14(2)18-15)12-9-16(21)19(3)11-6-10-17/h5,7-8H,4,6,9,11-13H2,1-3H3. The summed E-state index contributed by atoms with van der Waals surface area (Å²) in [6.07, 6.45) is 0.856. The lowest BCUT2D eigenvalue weighted by molar-refractivity contribution is -0.130. The summed E-state index contributed by atoms with van der Waals surface area (Å²) in [4.78, 5) is 20.3. The van der Waals surface area contributed by atoms with Gasteiger partial charge in [0.15, 0.2) is 0 Å². The smallest absolute Gasteiger partial charge is 0.223 e. The molecule has 0 aromatic carbocycles. The van der Waals surface area contributed by atoms with E-state index in [1.165, 1.54) is 0 Å². The zero-order valence-electron chi connectivity index (χ0n) is 13.2. The molecule has 0 N–H and O–H groups in total. The molecule has 0 aliphatic rings. The van der Waals surface area contributed by atoms with Crippen molar-refractivity contribution in [3.8, 4) is 6.07 Å². The number of hydrogen-bond acceptors (Lipinski definition) is 4. The molecule has 114 valence electrons. The second kappa shape index (κ2) is 9.09. The molecule has 0 unspecified atom stereocenters. The van der Waals surface area contributed by atoms with Gasteiger partial charge < -0.3 is 4.90 Å². The first kappa shape index (κ1) is 17.1. The number of nitriles is 1. The van der Waals surface area contributed by atoms with Gasteiger partial charge in [0.05, 0.1) is 18.2 Å². The summed E-state index contributed by atoms with van der Waals surface area (Å²) in [7, 11) is 1.75. The second-order valence-electron chi connectivity index (χ2n) is 5.11. The van der Waals surface area contributed by atoms with Crippen molar-refractivity contribution >= 4 is 5.91 Å². The Labute approximate surface area is 127 Å². The SMILES string of the molecule is CCN(CCC(=O)N(C)CCC#N)Cc1cccc(C)n1. The highest BCUT2D eigenvalue weighted by Crippen LogP contribution is 2.05. The van der Waals surface area contributed by atoms with Crippen LogP contribution in [0.3, 0.4) is 0 Å². The predicted octanol–water partition coefficient (Wildman–Crippen LogP) is 1.97. The van der Waals surface area contributed by atoms with Crippen LogP contribution in [0.25, 0.3) is 0 Å². The van der Waals surface area contributed by atoms with Gasteiger partial charge in [-0.25, -0.2) is 0 Å². The molecule has 1 heterocycles. The van der Waals surface area contributed by atoms with Crippen molar-refractivity contribution < 1.29 is 4.79 Å². The number of aryl methyl sites for hydroxylation is 1. The van der Waals surface area contributed by atoms with Gasteiger partial charge in [0.1, 0.15) is 0 Å². The van der Waals surface area contributed by atoms with Gasteiger partial charge in [-0.2, -0.15) is 5.26 Å². The summed E-state index contributed by atoms with van der Waals surface area (Å²) < 4.78 is 0. The van der Waals surface area contributed by atoms with E-state index in [2.05, 4.69) is 22.9 Å². The fourth-order valence-corrected chi connectivity index (χ4v) is 2.05. The first-order chi connectivity index (χ1) is 10.1. The molecular formula is C16H24N4O. The fourth-order valence-electron chi connectivity index (χ4n) is 2.05. The van der Waals surface area contributed by atoms with Crippen LogP contribution in [0.15, 0.2) is 18.2 Å². The third-order valence-corrected chi connectivity index (χ3v) is 3.41. The van der Waals surface area contributed by atoms with E-state index in [0.29, 0.717) is 25.9 Å². The zero-order valence-corrected chi connectivity index (χ0v) is 13.2. The Hall–Kier alpha value is -1.93. The highest BCUT2D eigenvalue weighted by molar-refractivity contribution is 5.76. The monoisotopic (exact) mass is 288 g/mol. The number of aromatic nitrogens is 1. The Morgan fingerprint density at radius 1 is 1.38 bits per heavy atom. The average molecular weight is 288 g/mol. The maximum absolute atomic E-state index is 12.0. The number of hydrogen-bond donors (Lipinski definition) is 0. The molecule has 0 aliphatic carbocycles. The van der Waals surface area contributed by atoms with Gasteiger partial charge in [-0.05, 0) is 25.6 Å². The van der Waals surface area contributed by atoms with E-state index in [0.717, 1.165) is 24.5 Å². The lowest BCUT2D eigenvalue weighted by atomic mass is 10.2. The van der Waals surface area contributed by atoms with Crippen LogP contribution in [0, 0.1) is 18.3 Å². The van der Waals surface area contributed by atoms with E-state index >= 15 is 0 Å². The number of pyridine rings is 1. The lowest BCUT2D eigenvalue weighted by Crippen LogP contribution is -2.32. The van der Waals surface area contributed by atoms with Crippen LogP contribution in [0.4, 0.5) is 0 Å². The van der Waals surface area contributed by atoms with E-state index < -0.39 is 0 Å². The van der Waals surface area contributed by atoms with Crippen LogP contribution in [-0.2, 0) is 11.3 Å². The van der Waals surface area contributed by atoms with Gasteiger partial charge in [-0.3, -0.25) is 14.7 Å². The highest BCUT2D eigenvalue weighted by atomic mass is 16.2. The Kier molecular flexibility index (Phi) is 7.41. The van der Waals surface area contributed by atoms with Gasteiger partial charge in [0, 0.05) is 38.8 Å². The van der Waals surface area contributed by atoms with E-state index in [1.54, 1.807) is 11.9 Å². The third-order valence-electron chi connectivity index (χ3n) is 3.41. The summed E-state index contributed by atoms with van der Waals surface area (Å²) in [5, 5.41) is 8.54. The molecule has 1 aromatic rings. The zero-order chi connectivity index (χ0) is 15.7. The molecule has 5 nitrogen and oxygen atoms in total. The maximum atomic E-state index is 12.0. The summed E-state index contributed by atoms with van der Waals surface area (Å²) in [5.41, 5.74) is 2.04. The molecule has 1 amide bonds. The Bertz CT molecular complexity index is 495. The Morgan fingerprint density at radius 3 is 2.76 bits per heavy atom. The number of nitrogens with zero attached hydrogens (tertiary/aromatic N) is 4. The van der Waals surface area contributed by atoms with Gasteiger partial charge >= 0.3 is 0 Å². The number of amides is 1. The summed E-state index contributed by atoms with van der Waals surface area (Å²) in [6, 6.07) is 8.05. The van der Waals surface area contributed by atoms with Crippen molar-refractivity contribution in [2.24, 2.45) is 0 Å². The van der Waals surface area contributed by atoms with Crippen molar-refractivity contribution in [1.82, 2.24) is 14.8 Å². The minimum Gasteiger partial charge on any atom is -0.345 e. The van der Waals surface area contributed by atoms with Crippen molar-refractivity contribution in [3.05, 3.63) is 29.6 Å². The first-order valence-electron chi connectivity index (χ1n) is 7.32. The second-order valence-corrected chi connectivity index (χ2v) is 5.11. The Balaban J connectivity index is 2.44. The van der Waals surface area contributed by atoms with E-state index in [1.807, 2.05) is 25.1 Å². The van der Waals surface area contributed by atoms with Crippen molar-refractivity contribution in [3.63, 3.8) is 0 Å². The minimum atomic E-state index is 0.0842. The maximum Gasteiger partial charge on any atom is 0.223 e. The molecule has 0 bridgehead atoms. The summed E-state index contributed by atoms with van der Waals surface area (Å²) >= 11 is 0. The third kappa shape index (κ3) is 6.37. The summed E-state index contributed by atoms with van der Waals surface area (Å²) in [5.74, 6) is 0.0842. The van der Waals surface area contributed by atoms with Crippen molar-refractivity contribution in [1.29, 1.82) is 5.26 Å². The number of rotatable bonds is 8. The average Bonchev–Trinajstić information content (AvgIpc) is 2.48. The summed E-state index contributed by atoms with van der Waals surface area (Å²) in [6.45, 7) is 6.91. The Morgan fingerprint density at radius 2 is 2.14 bits per heavy atom. The van der Waals surface area contributed by atoms with E-state index in [-0.39, 0.29) is 5.91 Å². The molecule has 0 saturated heterocycles. The molecule has 0 atom stereocenters. The van der Waals surface area contributed by atoms with Crippen LogP contribution in [-0.4, -0.2) is 47.4 Å². The van der Waals surface area contributed by atoms with Gasteiger partial charge in [-0.15, -0.1) is 0 Å². The normalized spacial score (nSPS) is 10.4. The molecular weight excluding hydrogens is 264 g/mol. The molecule has 1 aromatic heterocycles. The number of carbonyl (C=O) groups excluding carboxylic acids is 1. The molecule has 0 saturated carbocycles. The van der Waals surface area contributed by atoms with E-state index in [4.69, 9.17) is 5.26 Å². The van der Waals surface area contributed by atoms with E-state index in [9.17, 15) is 4.79 Å². The van der Waals surface area contributed by atoms with Gasteiger partial charge in [-0.1, -0.05) is 13.0 Å². The molecule has 0 spiro atoms. The van der Waals surface area contributed by atoms with Crippen LogP contribution < -0.4 is 0 Å². The predicted molar refractivity (Wildman–Crippen MR) is 82.4 cm³/mol. The van der Waals surface area contributed by atoms with Crippen LogP contribution in [0.5, 0.6) is 0 Å². The fraction of sp³-hybridized carbons (Fsp3) is 0.562. The van der Waals surface area contributed by atoms with Crippen LogP contribution >= 0.6 is 0 Å². The molecule has 0 aliphatic heterocycles. The minimum absolute atomic E-state index is 0.0842. The molecule has 0 fully saturated rings. The first-order valence-corrected chi connectivity index (χ1v) is 7.32. The van der Waals surface area contributed by atoms with Gasteiger partial charge in [0.2, 0.25) is 5.91 Å². The highest BCUT2D eigenvalue weighted by Gasteiger charge is 2.11.